The first kappa shape index (κ1) is 12.9. The van der Waals surface area contributed by atoms with E-state index in [0.29, 0.717) is 0 Å². The van der Waals surface area contributed by atoms with Crippen LogP contribution in [0, 0.1) is 0 Å². The highest BCUT2D eigenvalue weighted by Crippen LogP contribution is 2.07. The molecule has 0 rings (SSSR count). The molecule has 1 atom stereocenters. The molecule has 3 heteroatoms. The molecule has 3 nitrogen and oxygen atoms in total. The number of methoxy groups -OCH3 is 1. The summed E-state index contributed by atoms with van der Waals surface area (Å²) in [5.41, 5.74) is 0. The highest BCUT2D eigenvalue weighted by atomic mass is 16.7. The first-order chi connectivity index (χ1) is 6.35. The summed E-state index contributed by atoms with van der Waals surface area (Å²) >= 11 is 0. The topological polar surface area (TPSA) is 38.7 Å². The van der Waals surface area contributed by atoms with Crippen LogP contribution in [-0.2, 0) is 9.47 Å². The van der Waals surface area contributed by atoms with Crippen LogP contribution in [0.15, 0.2) is 0 Å². The molecule has 0 aromatic carbocycles. The first-order valence-electron chi connectivity index (χ1n) is 5.06. The molecule has 0 unspecified atom stereocenters. The van der Waals surface area contributed by atoms with Gasteiger partial charge in [0.25, 0.3) is 0 Å². The summed E-state index contributed by atoms with van der Waals surface area (Å²) in [6, 6.07) is 0. The van der Waals surface area contributed by atoms with Gasteiger partial charge in [-0.25, -0.2) is 0 Å². The fourth-order valence-electron chi connectivity index (χ4n) is 1.19. The van der Waals surface area contributed by atoms with Crippen LogP contribution in [0.3, 0.4) is 0 Å². The minimum absolute atomic E-state index is 0.0446. The van der Waals surface area contributed by atoms with Crippen molar-refractivity contribution in [2.24, 2.45) is 0 Å². The Kier molecular flexibility index (Phi) is 9.87. The molecule has 13 heavy (non-hydrogen) atoms. The largest absolute Gasteiger partial charge is 0.394 e. The van der Waals surface area contributed by atoms with Crippen LogP contribution in [-0.4, -0.2) is 31.7 Å². The third-order valence-corrected chi connectivity index (χ3v) is 2.00. The lowest BCUT2D eigenvalue weighted by atomic mass is 10.1. The lowest BCUT2D eigenvalue weighted by molar-refractivity contribution is -0.0898. The zero-order valence-corrected chi connectivity index (χ0v) is 8.79. The van der Waals surface area contributed by atoms with Gasteiger partial charge in [-0.15, -0.1) is 0 Å². The van der Waals surface area contributed by atoms with Crippen molar-refractivity contribution in [3.8, 4) is 0 Å². The Hall–Kier alpha value is -0.120. The van der Waals surface area contributed by atoms with Gasteiger partial charge < -0.3 is 14.6 Å². The molecule has 80 valence electrons. The van der Waals surface area contributed by atoms with Crippen LogP contribution in [0.2, 0.25) is 0 Å². The number of rotatable bonds is 9. The van der Waals surface area contributed by atoms with Crippen LogP contribution in [0.5, 0.6) is 0 Å². The third kappa shape index (κ3) is 8.22. The molecule has 0 heterocycles. The van der Waals surface area contributed by atoms with Gasteiger partial charge >= 0.3 is 0 Å². The van der Waals surface area contributed by atoms with Gasteiger partial charge in [-0.05, 0) is 6.42 Å². The summed E-state index contributed by atoms with van der Waals surface area (Å²) in [5.74, 6) is 0. The molecule has 0 aromatic heterocycles. The number of hydrogen-bond acceptors (Lipinski definition) is 3. The quantitative estimate of drug-likeness (QED) is 0.446. The molecule has 0 saturated carbocycles. The van der Waals surface area contributed by atoms with Gasteiger partial charge in [0.2, 0.25) is 0 Å². The molecule has 0 saturated heterocycles. The fraction of sp³-hybridized carbons (Fsp3) is 1.00. The number of aliphatic hydroxyl groups excluding tert-OH is 1. The van der Waals surface area contributed by atoms with Gasteiger partial charge in [-0.2, -0.15) is 0 Å². The molecule has 0 aliphatic carbocycles. The predicted molar refractivity (Wildman–Crippen MR) is 52.6 cm³/mol. The number of aliphatic hydroxyl groups is 1. The molecule has 0 fully saturated rings. The summed E-state index contributed by atoms with van der Waals surface area (Å²) < 4.78 is 10.0. The van der Waals surface area contributed by atoms with E-state index >= 15 is 0 Å². The third-order valence-electron chi connectivity index (χ3n) is 2.00. The molecular weight excluding hydrogens is 168 g/mol. The Balaban J connectivity index is 3.25. The predicted octanol–water partition coefficient (Wildman–Crippen LogP) is 1.94. The molecule has 1 N–H and O–H groups in total. The van der Waals surface area contributed by atoms with E-state index in [1.807, 2.05) is 0 Å². The average Bonchev–Trinajstić information content (AvgIpc) is 2.17. The lowest BCUT2D eigenvalue weighted by Gasteiger charge is -2.14. The van der Waals surface area contributed by atoms with Crippen LogP contribution >= 0.6 is 0 Å². The van der Waals surface area contributed by atoms with E-state index < -0.39 is 0 Å². The zero-order valence-electron chi connectivity index (χ0n) is 8.79. The second kappa shape index (κ2) is 9.96. The standard InChI is InChI=1S/C10H22O3/c1-3-4-5-6-7-10(8-11)13-9-12-2/h10-11H,3-9H2,1-2H3/t10-/m0/s1. The van der Waals surface area contributed by atoms with Crippen molar-refractivity contribution in [2.45, 2.75) is 45.1 Å². The van der Waals surface area contributed by atoms with Crippen molar-refractivity contribution in [2.75, 3.05) is 20.5 Å². The molecule has 0 amide bonds. The molecule has 0 aliphatic rings. The van der Waals surface area contributed by atoms with Gasteiger partial charge in [0.05, 0.1) is 12.7 Å². The Morgan fingerprint density at radius 2 is 2.00 bits per heavy atom. The van der Waals surface area contributed by atoms with Crippen molar-refractivity contribution >= 4 is 0 Å². The maximum Gasteiger partial charge on any atom is 0.146 e. The van der Waals surface area contributed by atoms with Crippen molar-refractivity contribution in [1.82, 2.24) is 0 Å². The number of ether oxygens (including phenoxy) is 2. The number of unbranched alkanes of at least 4 members (excludes halogenated alkanes) is 3. The number of hydrogen-bond donors (Lipinski definition) is 1. The highest BCUT2D eigenvalue weighted by Gasteiger charge is 2.06. The maximum atomic E-state index is 8.93. The minimum Gasteiger partial charge on any atom is -0.394 e. The average molecular weight is 190 g/mol. The minimum atomic E-state index is -0.0446. The van der Waals surface area contributed by atoms with Gasteiger partial charge in [-0.3, -0.25) is 0 Å². The van der Waals surface area contributed by atoms with Gasteiger partial charge in [-0.1, -0.05) is 32.6 Å². The van der Waals surface area contributed by atoms with E-state index in [9.17, 15) is 0 Å². The molecule has 0 radical (unpaired) electrons. The molecule has 0 aliphatic heterocycles. The van der Waals surface area contributed by atoms with Gasteiger partial charge in [0, 0.05) is 7.11 Å². The second-order valence-corrected chi connectivity index (χ2v) is 3.23. The molecule has 0 aromatic rings. The monoisotopic (exact) mass is 190 g/mol. The lowest BCUT2D eigenvalue weighted by Crippen LogP contribution is -2.18. The van der Waals surface area contributed by atoms with Crippen molar-refractivity contribution in [3.05, 3.63) is 0 Å². The van der Waals surface area contributed by atoms with Crippen LogP contribution in [0.1, 0.15) is 39.0 Å². The summed E-state index contributed by atoms with van der Waals surface area (Å²) in [6.45, 7) is 2.55. The van der Waals surface area contributed by atoms with Gasteiger partial charge in [0.15, 0.2) is 0 Å². The van der Waals surface area contributed by atoms with E-state index in [2.05, 4.69) is 6.92 Å². The summed E-state index contributed by atoms with van der Waals surface area (Å²) in [5, 5.41) is 8.93. The molecule has 0 spiro atoms. The van der Waals surface area contributed by atoms with Crippen LogP contribution < -0.4 is 0 Å². The Morgan fingerprint density at radius 3 is 2.54 bits per heavy atom. The normalized spacial score (nSPS) is 13.2. The van der Waals surface area contributed by atoms with Crippen molar-refractivity contribution in [1.29, 1.82) is 0 Å². The fourth-order valence-corrected chi connectivity index (χ4v) is 1.19. The molecule has 0 bridgehead atoms. The van der Waals surface area contributed by atoms with E-state index in [0.717, 1.165) is 12.8 Å². The smallest absolute Gasteiger partial charge is 0.146 e. The Morgan fingerprint density at radius 1 is 1.23 bits per heavy atom. The van der Waals surface area contributed by atoms with E-state index in [1.54, 1.807) is 7.11 Å². The maximum absolute atomic E-state index is 8.93. The van der Waals surface area contributed by atoms with Crippen molar-refractivity contribution < 1.29 is 14.6 Å². The Bertz CT molecular complexity index is 96.2. The summed E-state index contributed by atoms with van der Waals surface area (Å²) in [6.07, 6.45) is 5.74. The van der Waals surface area contributed by atoms with Crippen LogP contribution in [0.25, 0.3) is 0 Å². The van der Waals surface area contributed by atoms with E-state index in [4.69, 9.17) is 14.6 Å². The summed E-state index contributed by atoms with van der Waals surface area (Å²) in [7, 11) is 1.59. The van der Waals surface area contributed by atoms with Crippen molar-refractivity contribution in [3.63, 3.8) is 0 Å². The first-order valence-corrected chi connectivity index (χ1v) is 5.06. The van der Waals surface area contributed by atoms with E-state index in [1.165, 1.54) is 19.3 Å². The summed E-state index contributed by atoms with van der Waals surface area (Å²) in [4.78, 5) is 0. The van der Waals surface area contributed by atoms with Crippen LogP contribution in [0.4, 0.5) is 0 Å². The Labute approximate surface area is 81.0 Å². The SMILES string of the molecule is CCCCCC[C@@H](CO)OCOC. The second-order valence-electron chi connectivity index (χ2n) is 3.23. The molecular formula is C10H22O3. The highest BCUT2D eigenvalue weighted by molar-refractivity contribution is 4.55. The zero-order chi connectivity index (χ0) is 9.94. The van der Waals surface area contributed by atoms with Gasteiger partial charge in [0.1, 0.15) is 6.79 Å². The van der Waals surface area contributed by atoms with E-state index in [-0.39, 0.29) is 19.5 Å².